The van der Waals surface area contributed by atoms with Gasteiger partial charge in [-0.25, -0.2) is 9.18 Å². The van der Waals surface area contributed by atoms with Crippen molar-refractivity contribution in [1.82, 2.24) is 0 Å². The third kappa shape index (κ3) is 2.74. The van der Waals surface area contributed by atoms with Crippen LogP contribution in [0.1, 0.15) is 10.4 Å². The van der Waals surface area contributed by atoms with Crippen LogP contribution in [0.2, 0.25) is 0 Å². The zero-order chi connectivity index (χ0) is 15.6. The number of halogens is 1. The number of phenolic OH excluding ortho intramolecular Hbond substituents is 1. The molecule has 110 valence electrons. The Hall–Kier alpha value is -2.76. The first-order valence-electron chi connectivity index (χ1n) is 5.96. The lowest BCUT2D eigenvalue weighted by atomic mass is 10.0. The van der Waals surface area contributed by atoms with Crippen molar-refractivity contribution in [3.05, 3.63) is 41.7 Å². The number of carboxylic acid groups (broad SMARTS) is 1. The number of hydrogen-bond acceptors (Lipinski definition) is 4. The summed E-state index contributed by atoms with van der Waals surface area (Å²) in [5.41, 5.74) is 0.318. The van der Waals surface area contributed by atoms with Gasteiger partial charge in [-0.2, -0.15) is 0 Å². The Morgan fingerprint density at radius 1 is 1.14 bits per heavy atom. The number of phenols is 1. The molecule has 6 heteroatoms. The monoisotopic (exact) mass is 292 g/mol. The molecule has 2 N–H and O–H groups in total. The summed E-state index contributed by atoms with van der Waals surface area (Å²) in [4.78, 5) is 11.3. The van der Waals surface area contributed by atoms with Crippen LogP contribution in [-0.4, -0.2) is 30.4 Å². The van der Waals surface area contributed by atoms with Crippen LogP contribution in [0.4, 0.5) is 4.39 Å². The highest BCUT2D eigenvalue weighted by Gasteiger charge is 2.19. The van der Waals surface area contributed by atoms with E-state index in [1.807, 2.05) is 0 Å². The van der Waals surface area contributed by atoms with E-state index in [-0.39, 0.29) is 28.4 Å². The highest BCUT2D eigenvalue weighted by molar-refractivity contribution is 5.94. The summed E-state index contributed by atoms with van der Waals surface area (Å²) in [5, 5.41) is 18.5. The number of aromatic carboxylic acids is 1. The van der Waals surface area contributed by atoms with Crippen molar-refractivity contribution in [2.45, 2.75) is 0 Å². The highest BCUT2D eigenvalue weighted by Crippen LogP contribution is 2.37. The van der Waals surface area contributed by atoms with Crippen LogP contribution in [0, 0.1) is 5.82 Å². The van der Waals surface area contributed by atoms with Crippen LogP contribution >= 0.6 is 0 Å². The first-order valence-corrected chi connectivity index (χ1v) is 5.96. The third-order valence-corrected chi connectivity index (χ3v) is 2.97. The Balaban J connectivity index is 2.70. The van der Waals surface area contributed by atoms with Gasteiger partial charge in [-0.3, -0.25) is 0 Å². The highest BCUT2D eigenvalue weighted by atomic mass is 19.1. The standard InChI is InChI=1S/C15H13FO5/c1-20-13-6-8(5-11(15(18)19)14(13)21-2)10-4-3-9(17)7-12(10)16/h3-7,17H,1-2H3,(H,18,19). The van der Waals surface area contributed by atoms with Crippen LogP contribution in [0.25, 0.3) is 11.1 Å². The van der Waals surface area contributed by atoms with Crippen molar-refractivity contribution in [1.29, 1.82) is 0 Å². The van der Waals surface area contributed by atoms with Gasteiger partial charge in [0.1, 0.15) is 17.1 Å². The number of benzene rings is 2. The van der Waals surface area contributed by atoms with Gasteiger partial charge in [0.2, 0.25) is 0 Å². The summed E-state index contributed by atoms with van der Waals surface area (Å²) >= 11 is 0. The van der Waals surface area contributed by atoms with Gasteiger partial charge < -0.3 is 19.7 Å². The number of rotatable bonds is 4. The Morgan fingerprint density at radius 2 is 1.86 bits per heavy atom. The number of methoxy groups -OCH3 is 2. The molecule has 2 aromatic carbocycles. The second-order valence-electron chi connectivity index (χ2n) is 4.23. The SMILES string of the molecule is COc1cc(-c2ccc(O)cc2F)cc(C(=O)O)c1OC. The molecule has 0 saturated heterocycles. The summed E-state index contributed by atoms with van der Waals surface area (Å²) < 4.78 is 24.0. The molecule has 0 fully saturated rings. The predicted molar refractivity (Wildman–Crippen MR) is 73.6 cm³/mol. The molecule has 0 bridgehead atoms. The summed E-state index contributed by atoms with van der Waals surface area (Å²) in [6.07, 6.45) is 0. The van der Waals surface area contributed by atoms with Gasteiger partial charge in [0.15, 0.2) is 11.5 Å². The van der Waals surface area contributed by atoms with Crippen molar-refractivity contribution >= 4 is 5.97 Å². The van der Waals surface area contributed by atoms with Crippen molar-refractivity contribution in [2.75, 3.05) is 14.2 Å². The summed E-state index contributed by atoms with van der Waals surface area (Å²) in [6.45, 7) is 0. The van der Waals surface area contributed by atoms with E-state index in [9.17, 15) is 19.4 Å². The van der Waals surface area contributed by atoms with Crippen LogP contribution in [-0.2, 0) is 0 Å². The topological polar surface area (TPSA) is 76.0 Å². The molecule has 0 aliphatic heterocycles. The van der Waals surface area contributed by atoms with Crippen LogP contribution < -0.4 is 9.47 Å². The first-order chi connectivity index (χ1) is 9.97. The minimum absolute atomic E-state index is 0.0629. The van der Waals surface area contributed by atoms with Crippen LogP contribution in [0.3, 0.4) is 0 Å². The molecule has 5 nitrogen and oxygen atoms in total. The van der Waals surface area contributed by atoms with Crippen molar-refractivity contribution in [2.24, 2.45) is 0 Å². The van der Waals surface area contributed by atoms with Gasteiger partial charge in [-0.1, -0.05) is 0 Å². The molecular formula is C15H13FO5. The minimum Gasteiger partial charge on any atom is -0.508 e. The number of aromatic hydroxyl groups is 1. The van der Waals surface area contributed by atoms with E-state index in [1.54, 1.807) is 0 Å². The Morgan fingerprint density at radius 3 is 2.38 bits per heavy atom. The molecule has 2 rings (SSSR count). The van der Waals surface area contributed by atoms with E-state index >= 15 is 0 Å². The third-order valence-electron chi connectivity index (χ3n) is 2.97. The molecule has 0 heterocycles. The summed E-state index contributed by atoms with van der Waals surface area (Å²) in [7, 11) is 2.69. The second-order valence-corrected chi connectivity index (χ2v) is 4.23. The number of carbonyl (C=O) groups is 1. The maximum atomic E-state index is 13.9. The van der Waals surface area contributed by atoms with E-state index in [4.69, 9.17) is 9.47 Å². The Kier molecular flexibility index (Phi) is 3.98. The zero-order valence-corrected chi connectivity index (χ0v) is 11.4. The average molecular weight is 292 g/mol. The molecule has 0 unspecified atom stereocenters. The lowest BCUT2D eigenvalue weighted by Gasteiger charge is -2.13. The number of carboxylic acids is 1. The fourth-order valence-corrected chi connectivity index (χ4v) is 2.02. The van der Waals surface area contributed by atoms with E-state index in [2.05, 4.69) is 0 Å². The van der Waals surface area contributed by atoms with Crippen LogP contribution in [0.15, 0.2) is 30.3 Å². The number of hydrogen-bond donors (Lipinski definition) is 2. The lowest BCUT2D eigenvalue weighted by molar-refractivity contribution is 0.0692. The molecule has 0 amide bonds. The molecule has 2 aromatic rings. The lowest BCUT2D eigenvalue weighted by Crippen LogP contribution is -2.03. The molecule has 21 heavy (non-hydrogen) atoms. The van der Waals surface area contributed by atoms with E-state index in [0.29, 0.717) is 5.56 Å². The van der Waals surface area contributed by atoms with E-state index in [1.165, 1.54) is 38.5 Å². The quantitative estimate of drug-likeness (QED) is 0.906. The predicted octanol–water partition coefficient (Wildman–Crippen LogP) is 2.91. The molecule has 0 aliphatic rings. The fraction of sp³-hybridized carbons (Fsp3) is 0.133. The number of ether oxygens (including phenoxy) is 2. The molecule has 0 radical (unpaired) electrons. The van der Waals surface area contributed by atoms with Gasteiger partial charge in [0.25, 0.3) is 0 Å². The first kappa shape index (κ1) is 14.6. The normalized spacial score (nSPS) is 10.2. The summed E-state index contributed by atoms with van der Waals surface area (Å²) in [5.74, 6) is -1.85. The zero-order valence-electron chi connectivity index (χ0n) is 11.4. The smallest absolute Gasteiger partial charge is 0.339 e. The van der Waals surface area contributed by atoms with Gasteiger partial charge in [0, 0.05) is 11.6 Å². The summed E-state index contributed by atoms with van der Waals surface area (Å²) in [6, 6.07) is 6.39. The molecule has 0 aromatic heterocycles. The molecule has 0 saturated carbocycles. The molecule has 0 aliphatic carbocycles. The minimum atomic E-state index is -1.22. The Labute approximate surface area is 120 Å². The maximum Gasteiger partial charge on any atom is 0.339 e. The van der Waals surface area contributed by atoms with E-state index in [0.717, 1.165) is 6.07 Å². The van der Waals surface area contributed by atoms with Gasteiger partial charge in [-0.15, -0.1) is 0 Å². The molecule has 0 spiro atoms. The average Bonchev–Trinajstić information content (AvgIpc) is 2.45. The Bertz CT molecular complexity index is 697. The van der Waals surface area contributed by atoms with Crippen LogP contribution in [0.5, 0.6) is 17.2 Å². The molecular weight excluding hydrogens is 279 g/mol. The fourth-order valence-electron chi connectivity index (χ4n) is 2.02. The molecule has 0 atom stereocenters. The van der Waals surface area contributed by atoms with Crippen molar-refractivity contribution in [3.63, 3.8) is 0 Å². The second kappa shape index (κ2) is 5.70. The van der Waals surface area contributed by atoms with Gasteiger partial charge in [-0.05, 0) is 29.8 Å². The largest absolute Gasteiger partial charge is 0.508 e. The maximum absolute atomic E-state index is 13.9. The van der Waals surface area contributed by atoms with Crippen molar-refractivity contribution < 1.29 is 28.9 Å². The van der Waals surface area contributed by atoms with Gasteiger partial charge in [0.05, 0.1) is 14.2 Å². The van der Waals surface area contributed by atoms with E-state index < -0.39 is 11.8 Å². The van der Waals surface area contributed by atoms with Crippen molar-refractivity contribution in [3.8, 4) is 28.4 Å². The van der Waals surface area contributed by atoms with Gasteiger partial charge >= 0.3 is 5.97 Å².